The van der Waals surface area contributed by atoms with Crippen LogP contribution in [0.4, 0.5) is 10.1 Å². The molecule has 0 fully saturated rings. The number of Topliss-reactive ketones (excluding diaryl/α,β-unsaturated/α-hetero) is 1. The van der Waals surface area contributed by atoms with Gasteiger partial charge in [0.25, 0.3) is 0 Å². The van der Waals surface area contributed by atoms with E-state index in [-0.39, 0.29) is 30.8 Å². The van der Waals surface area contributed by atoms with Crippen LogP contribution in [0.2, 0.25) is 0 Å². The van der Waals surface area contributed by atoms with Crippen molar-refractivity contribution in [2.75, 3.05) is 39.1 Å². The molecule has 0 aliphatic carbocycles. The van der Waals surface area contributed by atoms with Gasteiger partial charge >= 0.3 is 0 Å². The number of ketones is 1. The fourth-order valence-electron chi connectivity index (χ4n) is 5.10. The summed E-state index contributed by atoms with van der Waals surface area (Å²) in [6, 6.07) is 11.2. The van der Waals surface area contributed by atoms with E-state index in [2.05, 4.69) is 44.6 Å². The number of aromatic nitrogens is 3. The summed E-state index contributed by atoms with van der Waals surface area (Å²) in [4.78, 5) is 24.2. The standard InChI is InChI=1S/C26H29FN6O2/c1-32(2)14-16-4-6-17(7-5-16)20-12-28-21-11-18(27)10-19-22(35)13-29-25(23(19)21)24(20)26-30-15-31-33(26)8-3-9-34/h4-7,10-11,15,20,24,28,34H,3,8-9,12-14H2,1-2H3. The number of carbonyl (C=O) groups excluding carboxylic acids is 1. The molecule has 2 aromatic carbocycles. The number of aliphatic hydroxyl groups is 1. The van der Waals surface area contributed by atoms with E-state index < -0.39 is 5.82 Å². The molecule has 35 heavy (non-hydrogen) atoms. The van der Waals surface area contributed by atoms with Crippen LogP contribution < -0.4 is 5.32 Å². The molecule has 182 valence electrons. The molecule has 5 rings (SSSR count). The average molecular weight is 477 g/mol. The van der Waals surface area contributed by atoms with Gasteiger partial charge in [0, 0.05) is 49.0 Å². The smallest absolute Gasteiger partial charge is 0.185 e. The Bertz CT molecular complexity index is 1270. The maximum Gasteiger partial charge on any atom is 0.185 e. The van der Waals surface area contributed by atoms with Crippen molar-refractivity contribution in [1.29, 1.82) is 0 Å². The second-order valence-corrected chi connectivity index (χ2v) is 9.36. The van der Waals surface area contributed by atoms with Crippen molar-refractivity contribution >= 4 is 17.2 Å². The molecular formula is C26H29FN6O2. The molecule has 0 radical (unpaired) electrons. The van der Waals surface area contributed by atoms with Crippen LogP contribution in [-0.2, 0) is 13.1 Å². The zero-order chi connectivity index (χ0) is 24.5. The van der Waals surface area contributed by atoms with Crippen LogP contribution in [0.15, 0.2) is 47.7 Å². The SMILES string of the molecule is CN(C)Cc1ccc(C2CNc3cc(F)cc4c3C(=NCC4=O)C2c2ncnn2CCCO)cc1. The van der Waals surface area contributed by atoms with Gasteiger partial charge in [0.05, 0.1) is 11.6 Å². The van der Waals surface area contributed by atoms with E-state index in [1.807, 2.05) is 14.1 Å². The molecule has 2 unspecified atom stereocenters. The zero-order valence-electron chi connectivity index (χ0n) is 19.9. The summed E-state index contributed by atoms with van der Waals surface area (Å²) in [5, 5.41) is 17.2. The summed E-state index contributed by atoms with van der Waals surface area (Å²) in [6.07, 6.45) is 2.06. The average Bonchev–Trinajstić information content (AvgIpc) is 3.23. The van der Waals surface area contributed by atoms with Crippen molar-refractivity contribution in [3.05, 3.63) is 76.6 Å². The lowest BCUT2D eigenvalue weighted by atomic mass is 9.78. The van der Waals surface area contributed by atoms with E-state index in [9.17, 15) is 14.3 Å². The monoisotopic (exact) mass is 476 g/mol. The van der Waals surface area contributed by atoms with Gasteiger partial charge in [-0.1, -0.05) is 24.3 Å². The molecule has 1 aromatic heterocycles. The van der Waals surface area contributed by atoms with E-state index in [4.69, 9.17) is 4.99 Å². The van der Waals surface area contributed by atoms with Gasteiger partial charge in [-0.2, -0.15) is 5.10 Å². The minimum atomic E-state index is -0.449. The maximum atomic E-state index is 14.5. The van der Waals surface area contributed by atoms with E-state index in [1.165, 1.54) is 24.0 Å². The van der Waals surface area contributed by atoms with Crippen molar-refractivity contribution in [2.45, 2.75) is 31.3 Å². The molecule has 0 amide bonds. The van der Waals surface area contributed by atoms with Gasteiger partial charge in [0.2, 0.25) is 0 Å². The summed E-state index contributed by atoms with van der Waals surface area (Å²) < 4.78 is 16.3. The lowest BCUT2D eigenvalue weighted by Crippen LogP contribution is -2.30. The fourth-order valence-corrected chi connectivity index (χ4v) is 5.10. The second kappa shape index (κ2) is 9.67. The molecule has 9 heteroatoms. The summed E-state index contributed by atoms with van der Waals surface area (Å²) in [6.45, 7) is 1.88. The lowest BCUT2D eigenvalue weighted by Gasteiger charge is -2.28. The van der Waals surface area contributed by atoms with Crippen molar-refractivity contribution in [1.82, 2.24) is 19.7 Å². The van der Waals surface area contributed by atoms with Gasteiger partial charge < -0.3 is 15.3 Å². The number of nitrogens with one attached hydrogen (secondary N) is 1. The number of anilines is 1. The first-order valence-corrected chi connectivity index (χ1v) is 11.8. The number of rotatable bonds is 7. The molecule has 0 saturated heterocycles. The highest BCUT2D eigenvalue weighted by Gasteiger charge is 2.40. The van der Waals surface area contributed by atoms with Crippen LogP contribution in [0.1, 0.15) is 51.1 Å². The molecule has 2 N–H and O–H groups in total. The Morgan fingerprint density at radius 1 is 1.23 bits per heavy atom. The number of aliphatic hydroxyl groups excluding tert-OH is 1. The number of nitrogens with zero attached hydrogens (tertiary/aromatic N) is 5. The van der Waals surface area contributed by atoms with Crippen LogP contribution in [-0.4, -0.2) is 70.1 Å². The van der Waals surface area contributed by atoms with E-state index in [0.717, 1.165) is 23.6 Å². The maximum absolute atomic E-state index is 14.5. The number of aliphatic imine (C=N–C) groups is 1. The van der Waals surface area contributed by atoms with Gasteiger partial charge in [-0.3, -0.25) is 9.79 Å². The third kappa shape index (κ3) is 4.49. The minimum absolute atomic E-state index is 0.0268. The fraction of sp³-hybridized carbons (Fsp3) is 0.385. The van der Waals surface area contributed by atoms with Crippen molar-refractivity contribution < 1.29 is 14.3 Å². The van der Waals surface area contributed by atoms with Crippen molar-refractivity contribution in [3.8, 4) is 0 Å². The summed E-state index contributed by atoms with van der Waals surface area (Å²) in [5.74, 6) is -0.315. The van der Waals surface area contributed by atoms with Gasteiger partial charge in [0.1, 0.15) is 24.5 Å². The highest BCUT2D eigenvalue weighted by molar-refractivity contribution is 6.20. The van der Waals surface area contributed by atoms with Crippen LogP contribution in [0.3, 0.4) is 0 Å². The molecule has 2 aliphatic heterocycles. The molecular weight excluding hydrogens is 447 g/mol. The van der Waals surface area contributed by atoms with Crippen LogP contribution >= 0.6 is 0 Å². The first-order valence-electron chi connectivity index (χ1n) is 11.8. The number of hydrogen-bond acceptors (Lipinski definition) is 7. The normalized spacial score (nSPS) is 19.2. The van der Waals surface area contributed by atoms with Crippen LogP contribution in [0.5, 0.6) is 0 Å². The molecule has 0 bridgehead atoms. The van der Waals surface area contributed by atoms with E-state index >= 15 is 0 Å². The van der Waals surface area contributed by atoms with E-state index in [1.54, 1.807) is 4.68 Å². The third-order valence-electron chi connectivity index (χ3n) is 6.62. The first-order chi connectivity index (χ1) is 17.0. The second-order valence-electron chi connectivity index (χ2n) is 9.36. The van der Waals surface area contributed by atoms with Crippen molar-refractivity contribution in [3.63, 3.8) is 0 Å². The number of hydrogen-bond donors (Lipinski definition) is 2. The molecule has 3 aromatic rings. The number of benzene rings is 2. The van der Waals surface area contributed by atoms with Gasteiger partial charge in [-0.05, 0) is 43.8 Å². The molecule has 8 nitrogen and oxygen atoms in total. The Kier molecular flexibility index (Phi) is 6.44. The highest BCUT2D eigenvalue weighted by Crippen LogP contribution is 2.42. The summed E-state index contributed by atoms with van der Waals surface area (Å²) in [7, 11) is 4.07. The molecule has 2 atom stereocenters. The van der Waals surface area contributed by atoms with E-state index in [0.29, 0.717) is 36.3 Å². The summed E-state index contributed by atoms with van der Waals surface area (Å²) >= 11 is 0. The first kappa shape index (κ1) is 23.3. The number of carbonyl (C=O) groups is 1. The van der Waals surface area contributed by atoms with Gasteiger partial charge in [-0.25, -0.2) is 14.1 Å². The Morgan fingerprint density at radius 3 is 2.77 bits per heavy atom. The lowest BCUT2D eigenvalue weighted by molar-refractivity contribution is 0.0999. The largest absolute Gasteiger partial charge is 0.396 e. The summed E-state index contributed by atoms with van der Waals surface area (Å²) in [5.41, 5.74) is 4.60. The Balaban J connectivity index is 1.65. The topological polar surface area (TPSA) is 95.6 Å². The molecule has 3 heterocycles. The zero-order valence-corrected chi connectivity index (χ0v) is 19.9. The Hall–Kier alpha value is -3.43. The molecule has 2 aliphatic rings. The van der Waals surface area contributed by atoms with Crippen molar-refractivity contribution in [2.24, 2.45) is 4.99 Å². The molecule has 0 saturated carbocycles. The van der Waals surface area contributed by atoms with Gasteiger partial charge in [-0.15, -0.1) is 0 Å². The Morgan fingerprint density at radius 2 is 2.03 bits per heavy atom. The third-order valence-corrected chi connectivity index (χ3v) is 6.62. The Labute approximate surface area is 203 Å². The van der Waals surface area contributed by atoms with Crippen LogP contribution in [0.25, 0.3) is 0 Å². The molecule has 0 spiro atoms. The predicted molar refractivity (Wildman–Crippen MR) is 132 cm³/mol. The quantitative estimate of drug-likeness (QED) is 0.545. The highest BCUT2D eigenvalue weighted by atomic mass is 19.1. The number of aryl methyl sites for hydroxylation is 1. The predicted octanol–water partition coefficient (Wildman–Crippen LogP) is 2.84. The minimum Gasteiger partial charge on any atom is -0.396 e. The van der Waals surface area contributed by atoms with Crippen LogP contribution in [0, 0.1) is 5.82 Å². The number of halogens is 1. The van der Waals surface area contributed by atoms with Gasteiger partial charge in [0.15, 0.2) is 5.78 Å².